The Kier molecular flexibility index (Phi) is 4.76. The third-order valence-corrected chi connectivity index (χ3v) is 3.28. The summed E-state index contributed by atoms with van der Waals surface area (Å²) < 4.78 is 10.6. The summed E-state index contributed by atoms with van der Waals surface area (Å²) in [4.78, 5) is 14.1. The predicted molar refractivity (Wildman–Crippen MR) is 72.1 cm³/mol. The van der Waals surface area contributed by atoms with Gasteiger partial charge >= 0.3 is 0 Å². The molecule has 0 aromatic heterocycles. The molecule has 1 heterocycles. The molecular formula is C14H20N2O3. The van der Waals surface area contributed by atoms with Gasteiger partial charge in [0, 0.05) is 13.1 Å². The van der Waals surface area contributed by atoms with Gasteiger partial charge in [-0.3, -0.25) is 4.79 Å². The molecule has 1 atom stereocenters. The van der Waals surface area contributed by atoms with E-state index in [0.717, 1.165) is 11.3 Å². The maximum Gasteiger partial charge on any atom is 0.242 e. The van der Waals surface area contributed by atoms with Crippen LogP contribution in [0, 0.1) is 0 Å². The van der Waals surface area contributed by atoms with Gasteiger partial charge in [0.05, 0.1) is 20.3 Å². The minimum Gasteiger partial charge on any atom is -0.497 e. The van der Waals surface area contributed by atoms with E-state index in [1.165, 1.54) is 0 Å². The van der Waals surface area contributed by atoms with Crippen molar-refractivity contribution in [1.29, 1.82) is 0 Å². The topological polar surface area (TPSA) is 50.8 Å². The molecule has 1 saturated heterocycles. The SMILES string of the molecule is CN[C@@H]1COCCN(Cc2ccc(OC)cc2)C1=O. The molecule has 0 bridgehead atoms. The Balaban J connectivity index is 2.04. The molecule has 0 radical (unpaired) electrons. The van der Waals surface area contributed by atoms with Crippen molar-refractivity contribution in [3.63, 3.8) is 0 Å². The number of carbonyl (C=O) groups is 1. The van der Waals surface area contributed by atoms with Crippen molar-refractivity contribution in [3.8, 4) is 5.75 Å². The lowest BCUT2D eigenvalue weighted by Gasteiger charge is -2.23. The summed E-state index contributed by atoms with van der Waals surface area (Å²) >= 11 is 0. The highest BCUT2D eigenvalue weighted by atomic mass is 16.5. The van der Waals surface area contributed by atoms with Crippen molar-refractivity contribution in [2.45, 2.75) is 12.6 Å². The minimum absolute atomic E-state index is 0.0934. The molecule has 1 fully saturated rings. The zero-order valence-corrected chi connectivity index (χ0v) is 11.4. The number of rotatable bonds is 4. The largest absolute Gasteiger partial charge is 0.497 e. The fourth-order valence-electron chi connectivity index (χ4n) is 2.09. The number of hydrogen-bond acceptors (Lipinski definition) is 4. The average molecular weight is 264 g/mol. The number of likely N-dealkylation sites (N-methyl/N-ethyl adjacent to an activating group) is 1. The van der Waals surface area contributed by atoms with E-state index in [0.29, 0.717) is 26.3 Å². The average Bonchev–Trinajstić information content (AvgIpc) is 2.62. The Hall–Kier alpha value is -1.59. The first-order chi connectivity index (χ1) is 9.24. The second-order valence-electron chi connectivity index (χ2n) is 4.52. The fourth-order valence-corrected chi connectivity index (χ4v) is 2.09. The highest BCUT2D eigenvalue weighted by Crippen LogP contribution is 2.14. The van der Waals surface area contributed by atoms with Gasteiger partial charge in [-0.2, -0.15) is 0 Å². The zero-order chi connectivity index (χ0) is 13.7. The van der Waals surface area contributed by atoms with Crippen LogP contribution in [0.1, 0.15) is 5.56 Å². The first kappa shape index (κ1) is 13.8. The quantitative estimate of drug-likeness (QED) is 0.867. The molecule has 1 N–H and O–H groups in total. The summed E-state index contributed by atoms with van der Waals surface area (Å²) in [6.45, 7) is 2.25. The van der Waals surface area contributed by atoms with E-state index in [9.17, 15) is 4.79 Å². The number of nitrogens with one attached hydrogen (secondary N) is 1. The molecular weight excluding hydrogens is 244 g/mol. The van der Waals surface area contributed by atoms with Crippen LogP contribution in [0.3, 0.4) is 0 Å². The number of nitrogens with zero attached hydrogens (tertiary/aromatic N) is 1. The minimum atomic E-state index is -0.249. The van der Waals surface area contributed by atoms with Crippen LogP contribution >= 0.6 is 0 Å². The van der Waals surface area contributed by atoms with Crippen LogP contribution in [0.25, 0.3) is 0 Å². The molecule has 1 aliphatic heterocycles. The molecule has 5 heteroatoms. The summed E-state index contributed by atoms with van der Waals surface area (Å²) in [5, 5.41) is 2.99. The van der Waals surface area contributed by atoms with Gasteiger partial charge in [0.15, 0.2) is 0 Å². The summed E-state index contributed by atoms with van der Waals surface area (Å²) in [5.74, 6) is 0.915. The van der Waals surface area contributed by atoms with Gasteiger partial charge in [0.25, 0.3) is 0 Å². The van der Waals surface area contributed by atoms with Crippen molar-refractivity contribution in [3.05, 3.63) is 29.8 Å². The Bertz CT molecular complexity index is 419. The van der Waals surface area contributed by atoms with Gasteiger partial charge < -0.3 is 19.7 Å². The van der Waals surface area contributed by atoms with E-state index in [1.807, 2.05) is 29.2 Å². The van der Waals surface area contributed by atoms with E-state index in [-0.39, 0.29) is 11.9 Å². The summed E-state index contributed by atoms with van der Waals surface area (Å²) in [6, 6.07) is 7.52. The first-order valence-electron chi connectivity index (χ1n) is 6.41. The van der Waals surface area contributed by atoms with E-state index >= 15 is 0 Å². The standard InChI is InChI=1S/C14H20N2O3/c1-15-13-10-19-8-7-16(14(13)17)9-11-3-5-12(18-2)6-4-11/h3-6,13,15H,7-10H2,1-2H3/t13-/m1/s1. The van der Waals surface area contributed by atoms with Crippen molar-refractivity contribution in [2.75, 3.05) is 33.9 Å². The molecule has 1 aliphatic rings. The molecule has 1 aromatic rings. The Morgan fingerprint density at radius 3 is 2.79 bits per heavy atom. The molecule has 2 rings (SSSR count). The third-order valence-electron chi connectivity index (χ3n) is 3.28. The molecule has 0 unspecified atom stereocenters. The Labute approximate surface area is 113 Å². The maximum atomic E-state index is 12.3. The zero-order valence-electron chi connectivity index (χ0n) is 11.4. The number of methoxy groups -OCH3 is 1. The van der Waals surface area contributed by atoms with Crippen LogP contribution in [0.4, 0.5) is 0 Å². The lowest BCUT2D eigenvalue weighted by molar-refractivity contribution is -0.133. The molecule has 1 amide bonds. The Morgan fingerprint density at radius 2 is 2.16 bits per heavy atom. The van der Waals surface area contributed by atoms with Gasteiger partial charge in [-0.1, -0.05) is 12.1 Å². The fraction of sp³-hybridized carbons (Fsp3) is 0.500. The molecule has 0 aliphatic carbocycles. The van der Waals surface area contributed by atoms with Gasteiger partial charge in [-0.05, 0) is 24.7 Å². The smallest absolute Gasteiger partial charge is 0.242 e. The lowest BCUT2D eigenvalue weighted by atomic mass is 10.2. The van der Waals surface area contributed by atoms with Crippen LogP contribution in [0.15, 0.2) is 24.3 Å². The predicted octanol–water partition coefficient (Wildman–Crippen LogP) is 0.642. The van der Waals surface area contributed by atoms with E-state index < -0.39 is 0 Å². The van der Waals surface area contributed by atoms with Gasteiger partial charge in [0.1, 0.15) is 11.8 Å². The molecule has 0 saturated carbocycles. The van der Waals surface area contributed by atoms with E-state index in [4.69, 9.17) is 9.47 Å². The third kappa shape index (κ3) is 3.45. The molecule has 0 spiro atoms. The highest BCUT2D eigenvalue weighted by molar-refractivity contribution is 5.82. The van der Waals surface area contributed by atoms with E-state index in [1.54, 1.807) is 14.2 Å². The van der Waals surface area contributed by atoms with Crippen LogP contribution in [-0.2, 0) is 16.1 Å². The van der Waals surface area contributed by atoms with Crippen LogP contribution < -0.4 is 10.1 Å². The lowest BCUT2D eigenvalue weighted by Crippen LogP contribution is -2.45. The number of hydrogen-bond donors (Lipinski definition) is 1. The normalized spacial score (nSPS) is 20.2. The van der Waals surface area contributed by atoms with Crippen LogP contribution in [0.5, 0.6) is 5.75 Å². The molecule has 104 valence electrons. The first-order valence-corrected chi connectivity index (χ1v) is 6.41. The van der Waals surface area contributed by atoms with Crippen molar-refractivity contribution in [1.82, 2.24) is 10.2 Å². The number of benzene rings is 1. The van der Waals surface area contributed by atoms with Gasteiger partial charge in [0.2, 0.25) is 5.91 Å². The highest BCUT2D eigenvalue weighted by Gasteiger charge is 2.26. The maximum absolute atomic E-state index is 12.3. The number of ether oxygens (including phenoxy) is 2. The van der Waals surface area contributed by atoms with Crippen molar-refractivity contribution in [2.24, 2.45) is 0 Å². The number of amides is 1. The number of carbonyl (C=O) groups excluding carboxylic acids is 1. The summed E-state index contributed by atoms with van der Waals surface area (Å²) in [7, 11) is 3.42. The van der Waals surface area contributed by atoms with Crippen molar-refractivity contribution < 1.29 is 14.3 Å². The summed E-state index contributed by atoms with van der Waals surface area (Å²) in [5.41, 5.74) is 1.09. The van der Waals surface area contributed by atoms with Crippen molar-refractivity contribution >= 4 is 5.91 Å². The molecule has 5 nitrogen and oxygen atoms in total. The Morgan fingerprint density at radius 1 is 1.42 bits per heavy atom. The summed E-state index contributed by atoms with van der Waals surface area (Å²) in [6.07, 6.45) is 0. The van der Waals surface area contributed by atoms with Crippen LogP contribution in [-0.4, -0.2) is 50.8 Å². The van der Waals surface area contributed by atoms with E-state index in [2.05, 4.69) is 5.32 Å². The second kappa shape index (κ2) is 6.54. The molecule has 19 heavy (non-hydrogen) atoms. The van der Waals surface area contributed by atoms with Gasteiger partial charge in [-0.15, -0.1) is 0 Å². The van der Waals surface area contributed by atoms with Gasteiger partial charge in [-0.25, -0.2) is 0 Å². The molecule has 1 aromatic carbocycles. The van der Waals surface area contributed by atoms with Crippen LogP contribution in [0.2, 0.25) is 0 Å². The monoisotopic (exact) mass is 264 g/mol. The second-order valence-corrected chi connectivity index (χ2v) is 4.52.